The van der Waals surface area contributed by atoms with E-state index in [-0.39, 0.29) is 17.6 Å². The Kier molecular flexibility index (Phi) is 5.11. The molecule has 0 radical (unpaired) electrons. The Morgan fingerprint density at radius 3 is 2.43 bits per heavy atom. The maximum absolute atomic E-state index is 11.9. The summed E-state index contributed by atoms with van der Waals surface area (Å²) in [6.45, 7) is 0.119. The van der Waals surface area contributed by atoms with Gasteiger partial charge >= 0.3 is 6.03 Å². The molecule has 2 aromatic rings. The van der Waals surface area contributed by atoms with Crippen LogP contribution in [0.5, 0.6) is 5.75 Å². The van der Waals surface area contributed by atoms with Crippen molar-refractivity contribution in [3.05, 3.63) is 54.6 Å². The summed E-state index contributed by atoms with van der Waals surface area (Å²) in [6.07, 6.45) is 0. The van der Waals surface area contributed by atoms with Gasteiger partial charge < -0.3 is 21.1 Å². The molecule has 2 rings (SSSR count). The maximum atomic E-state index is 11.9. The van der Waals surface area contributed by atoms with Gasteiger partial charge in [0.05, 0.1) is 5.69 Å². The summed E-state index contributed by atoms with van der Waals surface area (Å²) in [6, 6.07) is 15.9. The van der Waals surface area contributed by atoms with E-state index in [4.69, 9.17) is 22.7 Å². The van der Waals surface area contributed by atoms with Crippen molar-refractivity contribution in [2.75, 3.05) is 17.2 Å². The fourth-order valence-electron chi connectivity index (χ4n) is 1.65. The number of nitrogens with two attached hydrogens (primary N) is 1. The van der Waals surface area contributed by atoms with Gasteiger partial charge in [0.2, 0.25) is 0 Å². The van der Waals surface area contributed by atoms with Crippen LogP contribution in [-0.2, 0) is 0 Å². The molecule has 0 unspecified atom stereocenters. The van der Waals surface area contributed by atoms with E-state index in [9.17, 15) is 4.79 Å². The molecule has 108 valence electrons. The monoisotopic (exact) mass is 301 g/mol. The van der Waals surface area contributed by atoms with Gasteiger partial charge in [-0.1, -0.05) is 42.5 Å². The van der Waals surface area contributed by atoms with Gasteiger partial charge in [-0.05, 0) is 24.3 Å². The number of carbonyl (C=O) groups is 1. The van der Waals surface area contributed by atoms with Gasteiger partial charge in [-0.2, -0.15) is 0 Å². The highest BCUT2D eigenvalue weighted by molar-refractivity contribution is 7.80. The molecular weight excluding hydrogens is 286 g/mol. The van der Waals surface area contributed by atoms with E-state index < -0.39 is 0 Å². The number of para-hydroxylation sites is 3. The van der Waals surface area contributed by atoms with Crippen molar-refractivity contribution in [3.8, 4) is 5.75 Å². The van der Waals surface area contributed by atoms with Crippen molar-refractivity contribution in [3.63, 3.8) is 0 Å². The van der Waals surface area contributed by atoms with E-state index in [1.807, 2.05) is 18.2 Å². The number of rotatable bonds is 5. The number of hydrogen-bond acceptors (Lipinski definition) is 3. The summed E-state index contributed by atoms with van der Waals surface area (Å²) in [5, 5.41) is 5.45. The first-order chi connectivity index (χ1) is 10.1. The Morgan fingerprint density at radius 1 is 1.05 bits per heavy atom. The van der Waals surface area contributed by atoms with Gasteiger partial charge in [-0.25, -0.2) is 4.79 Å². The van der Waals surface area contributed by atoms with Crippen LogP contribution in [0.1, 0.15) is 0 Å². The summed E-state index contributed by atoms with van der Waals surface area (Å²) in [7, 11) is 0. The van der Waals surface area contributed by atoms with Crippen LogP contribution in [0.25, 0.3) is 0 Å². The third-order valence-electron chi connectivity index (χ3n) is 2.54. The SMILES string of the molecule is NC(=S)COc1ccccc1NC(=O)Nc1ccccc1. The second-order valence-electron chi connectivity index (χ2n) is 4.20. The van der Waals surface area contributed by atoms with E-state index in [0.717, 1.165) is 0 Å². The minimum Gasteiger partial charge on any atom is -0.484 e. The first-order valence-corrected chi connectivity index (χ1v) is 6.69. The summed E-state index contributed by atoms with van der Waals surface area (Å²) in [5.74, 6) is 0.508. The largest absolute Gasteiger partial charge is 0.484 e. The lowest BCUT2D eigenvalue weighted by atomic mass is 10.3. The topological polar surface area (TPSA) is 76.4 Å². The third kappa shape index (κ3) is 4.77. The van der Waals surface area contributed by atoms with E-state index >= 15 is 0 Å². The van der Waals surface area contributed by atoms with Crippen LogP contribution in [-0.4, -0.2) is 17.6 Å². The lowest BCUT2D eigenvalue weighted by Crippen LogP contribution is -2.21. The normalized spacial score (nSPS) is 9.71. The smallest absolute Gasteiger partial charge is 0.323 e. The Morgan fingerprint density at radius 2 is 1.71 bits per heavy atom. The number of benzene rings is 2. The maximum Gasteiger partial charge on any atom is 0.323 e. The second kappa shape index (κ2) is 7.25. The molecule has 0 fully saturated rings. The molecule has 2 amide bonds. The lowest BCUT2D eigenvalue weighted by Gasteiger charge is -2.12. The Balaban J connectivity index is 2.01. The average molecular weight is 301 g/mol. The van der Waals surface area contributed by atoms with E-state index in [0.29, 0.717) is 17.1 Å². The number of thiocarbonyl (C=S) groups is 1. The van der Waals surface area contributed by atoms with E-state index in [1.54, 1.807) is 36.4 Å². The molecule has 0 bridgehead atoms. The molecule has 0 saturated carbocycles. The first kappa shape index (κ1) is 14.8. The highest BCUT2D eigenvalue weighted by Gasteiger charge is 2.07. The minimum atomic E-state index is -0.354. The van der Waals surface area contributed by atoms with Crippen LogP contribution >= 0.6 is 12.2 Å². The quantitative estimate of drug-likeness (QED) is 0.742. The van der Waals surface area contributed by atoms with Crippen molar-refractivity contribution in [2.45, 2.75) is 0 Å². The number of ether oxygens (including phenoxy) is 1. The van der Waals surface area contributed by atoms with Gasteiger partial charge in [-0.15, -0.1) is 0 Å². The molecule has 0 aliphatic carbocycles. The Hall–Kier alpha value is -2.60. The van der Waals surface area contributed by atoms with Crippen molar-refractivity contribution in [1.29, 1.82) is 0 Å². The summed E-state index contributed by atoms with van der Waals surface area (Å²) >= 11 is 4.77. The van der Waals surface area contributed by atoms with Crippen molar-refractivity contribution in [1.82, 2.24) is 0 Å². The number of urea groups is 1. The average Bonchev–Trinajstić information content (AvgIpc) is 2.47. The zero-order valence-electron chi connectivity index (χ0n) is 11.2. The molecular formula is C15H15N3O2S. The van der Waals surface area contributed by atoms with E-state index in [1.165, 1.54) is 0 Å². The van der Waals surface area contributed by atoms with Crippen LogP contribution in [0.3, 0.4) is 0 Å². The third-order valence-corrected chi connectivity index (χ3v) is 2.65. The molecule has 0 aliphatic rings. The van der Waals surface area contributed by atoms with Gasteiger partial charge in [0, 0.05) is 5.69 Å². The Labute approximate surface area is 128 Å². The molecule has 0 atom stereocenters. The van der Waals surface area contributed by atoms with Crippen molar-refractivity contribution in [2.24, 2.45) is 5.73 Å². The van der Waals surface area contributed by atoms with Gasteiger partial charge in [0.1, 0.15) is 17.3 Å². The fourth-order valence-corrected chi connectivity index (χ4v) is 1.71. The summed E-state index contributed by atoms with van der Waals surface area (Å²) < 4.78 is 5.44. The molecule has 6 heteroatoms. The van der Waals surface area contributed by atoms with Gasteiger partial charge in [0.25, 0.3) is 0 Å². The van der Waals surface area contributed by atoms with Gasteiger partial charge in [0.15, 0.2) is 0 Å². The summed E-state index contributed by atoms with van der Waals surface area (Å²) in [5.41, 5.74) is 6.65. The number of amides is 2. The Bertz CT molecular complexity index is 632. The molecule has 21 heavy (non-hydrogen) atoms. The highest BCUT2D eigenvalue weighted by atomic mass is 32.1. The first-order valence-electron chi connectivity index (χ1n) is 6.28. The van der Waals surface area contributed by atoms with Crippen LogP contribution in [0, 0.1) is 0 Å². The second-order valence-corrected chi connectivity index (χ2v) is 4.72. The minimum absolute atomic E-state index is 0.119. The number of carbonyl (C=O) groups excluding carboxylic acids is 1. The highest BCUT2D eigenvalue weighted by Crippen LogP contribution is 2.23. The molecule has 5 nitrogen and oxygen atoms in total. The predicted octanol–water partition coefficient (Wildman–Crippen LogP) is 3.00. The molecule has 0 aromatic heterocycles. The van der Waals surface area contributed by atoms with E-state index in [2.05, 4.69) is 10.6 Å². The number of nitrogens with one attached hydrogen (secondary N) is 2. The van der Waals surface area contributed by atoms with Crippen LogP contribution < -0.4 is 21.1 Å². The van der Waals surface area contributed by atoms with Crippen LogP contribution in [0.2, 0.25) is 0 Å². The summed E-state index contributed by atoms with van der Waals surface area (Å²) in [4.78, 5) is 12.2. The van der Waals surface area contributed by atoms with Crippen LogP contribution in [0.15, 0.2) is 54.6 Å². The number of hydrogen-bond donors (Lipinski definition) is 3. The zero-order valence-corrected chi connectivity index (χ0v) is 12.0. The van der Waals surface area contributed by atoms with Crippen molar-refractivity contribution >= 4 is 34.6 Å². The van der Waals surface area contributed by atoms with Gasteiger partial charge in [-0.3, -0.25) is 0 Å². The fraction of sp³-hybridized carbons (Fsp3) is 0.0667. The molecule has 0 spiro atoms. The zero-order chi connectivity index (χ0) is 15.1. The predicted molar refractivity (Wildman–Crippen MR) is 87.8 cm³/mol. The lowest BCUT2D eigenvalue weighted by molar-refractivity contribution is 0.262. The molecule has 0 saturated heterocycles. The van der Waals surface area contributed by atoms with Crippen molar-refractivity contribution < 1.29 is 9.53 Å². The van der Waals surface area contributed by atoms with Crippen LogP contribution in [0.4, 0.5) is 16.2 Å². The molecule has 0 heterocycles. The molecule has 2 aromatic carbocycles. The molecule has 4 N–H and O–H groups in total. The number of anilines is 2. The standard InChI is InChI=1S/C15H15N3O2S/c16-14(21)10-20-13-9-5-4-8-12(13)18-15(19)17-11-6-2-1-3-7-11/h1-9H,10H2,(H2,16,21)(H2,17,18,19). The molecule has 0 aliphatic heterocycles.